The molecular weight excluding hydrogens is 436 g/mol. The van der Waals surface area contributed by atoms with E-state index in [-0.39, 0.29) is 30.8 Å². The van der Waals surface area contributed by atoms with Gasteiger partial charge in [0.15, 0.2) is 6.61 Å². The maximum atomic E-state index is 12.2. The quantitative estimate of drug-likeness (QED) is 0.316. The van der Waals surface area contributed by atoms with Crippen molar-refractivity contribution in [1.29, 1.82) is 0 Å². The van der Waals surface area contributed by atoms with Gasteiger partial charge in [-0.25, -0.2) is 4.79 Å². The minimum absolute atomic E-state index is 0.104. The summed E-state index contributed by atoms with van der Waals surface area (Å²) in [6.45, 7) is 6.33. The van der Waals surface area contributed by atoms with E-state index < -0.39 is 6.16 Å². The third-order valence-corrected chi connectivity index (χ3v) is 4.92. The molecule has 0 aliphatic heterocycles. The van der Waals surface area contributed by atoms with Crippen molar-refractivity contribution in [1.82, 2.24) is 10.6 Å². The molecule has 0 heterocycles. The Bertz CT molecular complexity index is 923. The van der Waals surface area contributed by atoms with E-state index in [0.29, 0.717) is 35.8 Å². The number of aryl methyl sites for hydroxylation is 2. The minimum atomic E-state index is -0.796. The SMILES string of the molecule is CCOC(=O)Oc1ccc(C(=O)NCCCNC(=O)COc2cc(C)c(Cl)c(C)c2)cc1. The van der Waals surface area contributed by atoms with Crippen LogP contribution in [0.25, 0.3) is 0 Å². The Morgan fingerprint density at radius 2 is 1.56 bits per heavy atom. The molecule has 0 fully saturated rings. The first-order valence-corrected chi connectivity index (χ1v) is 10.6. The van der Waals surface area contributed by atoms with Crippen molar-refractivity contribution in [3.63, 3.8) is 0 Å². The van der Waals surface area contributed by atoms with Crippen molar-refractivity contribution in [3.8, 4) is 11.5 Å². The maximum absolute atomic E-state index is 12.2. The van der Waals surface area contributed by atoms with Gasteiger partial charge < -0.3 is 24.8 Å². The number of rotatable bonds is 10. The Balaban J connectivity index is 1.64. The highest BCUT2D eigenvalue weighted by molar-refractivity contribution is 6.32. The summed E-state index contributed by atoms with van der Waals surface area (Å²) in [6, 6.07) is 9.68. The summed E-state index contributed by atoms with van der Waals surface area (Å²) in [7, 11) is 0. The molecule has 2 amide bonds. The lowest BCUT2D eigenvalue weighted by molar-refractivity contribution is -0.123. The number of halogens is 1. The van der Waals surface area contributed by atoms with Gasteiger partial charge in [0, 0.05) is 23.7 Å². The Morgan fingerprint density at radius 3 is 2.19 bits per heavy atom. The molecular formula is C23H27ClN2O6. The van der Waals surface area contributed by atoms with Gasteiger partial charge in [-0.05, 0) is 74.7 Å². The topological polar surface area (TPSA) is 103 Å². The van der Waals surface area contributed by atoms with E-state index >= 15 is 0 Å². The molecule has 0 atom stereocenters. The van der Waals surface area contributed by atoms with Crippen LogP contribution in [0.3, 0.4) is 0 Å². The molecule has 0 radical (unpaired) electrons. The number of hydrogen-bond acceptors (Lipinski definition) is 6. The molecule has 0 aliphatic carbocycles. The highest BCUT2D eigenvalue weighted by atomic mass is 35.5. The molecule has 0 aliphatic rings. The Kier molecular flexibility index (Phi) is 9.81. The average molecular weight is 463 g/mol. The van der Waals surface area contributed by atoms with Crippen LogP contribution in [0.4, 0.5) is 4.79 Å². The van der Waals surface area contributed by atoms with Crippen LogP contribution in [-0.2, 0) is 9.53 Å². The second kappa shape index (κ2) is 12.6. The third kappa shape index (κ3) is 8.11. The number of carbonyl (C=O) groups excluding carboxylic acids is 3. The highest BCUT2D eigenvalue weighted by Crippen LogP contribution is 2.25. The van der Waals surface area contributed by atoms with Gasteiger partial charge in [-0.2, -0.15) is 0 Å². The second-order valence-corrected chi connectivity index (χ2v) is 7.31. The summed E-state index contributed by atoms with van der Waals surface area (Å²) >= 11 is 6.12. The molecule has 2 N–H and O–H groups in total. The van der Waals surface area contributed by atoms with E-state index in [1.54, 1.807) is 31.2 Å². The first kappa shape index (κ1) is 25.0. The van der Waals surface area contributed by atoms with Crippen LogP contribution in [0.2, 0.25) is 5.02 Å². The van der Waals surface area contributed by atoms with Crippen molar-refractivity contribution >= 4 is 29.6 Å². The van der Waals surface area contributed by atoms with Gasteiger partial charge in [0.2, 0.25) is 0 Å². The van der Waals surface area contributed by atoms with Crippen LogP contribution in [-0.4, -0.2) is 44.3 Å². The van der Waals surface area contributed by atoms with E-state index in [4.69, 9.17) is 21.1 Å². The fourth-order valence-corrected chi connectivity index (χ4v) is 2.84. The first-order chi connectivity index (χ1) is 15.3. The normalized spacial score (nSPS) is 10.2. The zero-order valence-electron chi connectivity index (χ0n) is 18.3. The number of hydrogen-bond donors (Lipinski definition) is 2. The summed E-state index contributed by atoms with van der Waals surface area (Å²) in [4.78, 5) is 35.4. The summed E-state index contributed by atoms with van der Waals surface area (Å²) in [5, 5.41) is 6.19. The van der Waals surface area contributed by atoms with Crippen molar-refractivity contribution in [2.45, 2.75) is 27.2 Å². The van der Waals surface area contributed by atoms with Crippen molar-refractivity contribution < 1.29 is 28.6 Å². The molecule has 2 aromatic carbocycles. The van der Waals surface area contributed by atoms with Gasteiger partial charge in [-0.3, -0.25) is 9.59 Å². The third-order valence-electron chi connectivity index (χ3n) is 4.32. The van der Waals surface area contributed by atoms with Gasteiger partial charge in [-0.1, -0.05) is 11.6 Å². The van der Waals surface area contributed by atoms with Crippen LogP contribution >= 0.6 is 11.6 Å². The highest BCUT2D eigenvalue weighted by Gasteiger charge is 2.09. The molecule has 0 spiro atoms. The average Bonchev–Trinajstić information content (AvgIpc) is 2.76. The molecule has 9 heteroatoms. The first-order valence-electron chi connectivity index (χ1n) is 10.2. The Hall–Kier alpha value is -3.26. The lowest BCUT2D eigenvalue weighted by Gasteiger charge is -2.10. The summed E-state index contributed by atoms with van der Waals surface area (Å²) in [5.74, 6) is 0.355. The monoisotopic (exact) mass is 462 g/mol. The largest absolute Gasteiger partial charge is 0.513 e. The number of benzene rings is 2. The number of amides is 2. The predicted octanol–water partition coefficient (Wildman–Crippen LogP) is 3.81. The maximum Gasteiger partial charge on any atom is 0.513 e. The fraction of sp³-hybridized carbons (Fsp3) is 0.348. The van der Waals surface area contributed by atoms with E-state index in [9.17, 15) is 14.4 Å². The van der Waals surface area contributed by atoms with Gasteiger partial charge in [-0.15, -0.1) is 0 Å². The van der Waals surface area contributed by atoms with E-state index in [1.807, 2.05) is 13.8 Å². The molecule has 8 nitrogen and oxygen atoms in total. The molecule has 32 heavy (non-hydrogen) atoms. The zero-order valence-corrected chi connectivity index (χ0v) is 19.1. The zero-order chi connectivity index (χ0) is 23.5. The smallest absolute Gasteiger partial charge is 0.484 e. The molecule has 0 saturated carbocycles. The number of ether oxygens (including phenoxy) is 3. The Morgan fingerprint density at radius 1 is 0.938 bits per heavy atom. The molecule has 2 rings (SSSR count). The van der Waals surface area contributed by atoms with E-state index in [2.05, 4.69) is 15.4 Å². The number of carbonyl (C=O) groups is 3. The number of nitrogens with one attached hydrogen (secondary N) is 2. The lowest BCUT2D eigenvalue weighted by atomic mass is 10.1. The van der Waals surface area contributed by atoms with E-state index in [0.717, 1.165) is 11.1 Å². The van der Waals surface area contributed by atoms with E-state index in [1.165, 1.54) is 12.1 Å². The summed E-state index contributed by atoms with van der Waals surface area (Å²) < 4.78 is 15.1. The van der Waals surface area contributed by atoms with Crippen LogP contribution in [0.15, 0.2) is 36.4 Å². The minimum Gasteiger partial charge on any atom is -0.484 e. The molecule has 0 saturated heterocycles. The van der Waals surface area contributed by atoms with Gasteiger partial charge in [0.1, 0.15) is 11.5 Å². The van der Waals surface area contributed by atoms with Gasteiger partial charge in [0.25, 0.3) is 11.8 Å². The van der Waals surface area contributed by atoms with Crippen molar-refractivity contribution in [2.24, 2.45) is 0 Å². The van der Waals surface area contributed by atoms with Crippen LogP contribution in [0.1, 0.15) is 34.8 Å². The van der Waals surface area contributed by atoms with Crippen LogP contribution in [0.5, 0.6) is 11.5 Å². The molecule has 0 aromatic heterocycles. The van der Waals surface area contributed by atoms with Gasteiger partial charge in [0.05, 0.1) is 6.61 Å². The second-order valence-electron chi connectivity index (χ2n) is 6.93. The molecule has 172 valence electrons. The van der Waals surface area contributed by atoms with Crippen molar-refractivity contribution in [3.05, 3.63) is 58.1 Å². The molecule has 2 aromatic rings. The van der Waals surface area contributed by atoms with Crippen LogP contribution in [0, 0.1) is 13.8 Å². The predicted molar refractivity (Wildman–Crippen MR) is 120 cm³/mol. The standard InChI is InChI=1S/C23H27ClN2O6/c1-4-30-23(29)32-18-8-6-17(7-9-18)22(28)26-11-5-10-25-20(27)14-31-19-12-15(2)21(24)16(3)13-19/h6-9,12-13H,4-5,10-11,14H2,1-3H3,(H,25,27)(H,26,28). The molecule has 0 unspecified atom stereocenters. The fourth-order valence-electron chi connectivity index (χ4n) is 2.73. The van der Waals surface area contributed by atoms with Crippen LogP contribution < -0.4 is 20.1 Å². The lowest BCUT2D eigenvalue weighted by Crippen LogP contribution is -2.32. The van der Waals surface area contributed by atoms with Crippen molar-refractivity contribution in [2.75, 3.05) is 26.3 Å². The van der Waals surface area contributed by atoms with Gasteiger partial charge >= 0.3 is 6.16 Å². The Labute approximate surface area is 192 Å². The summed E-state index contributed by atoms with van der Waals surface area (Å²) in [5.41, 5.74) is 2.20. The molecule has 0 bridgehead atoms. The summed E-state index contributed by atoms with van der Waals surface area (Å²) in [6.07, 6.45) is -0.240.